The molecule has 0 amide bonds. The van der Waals surface area contributed by atoms with Crippen LogP contribution in [0.25, 0.3) is 0 Å². The van der Waals surface area contributed by atoms with Gasteiger partial charge in [0.25, 0.3) is 0 Å². The van der Waals surface area contributed by atoms with Crippen molar-refractivity contribution in [2.75, 3.05) is 0 Å². The standard InChI is InChI=1S/C28H25O5P.Na/c29-28(24-14-6-2-7-15-24)25(19-22-11-4-1-5-12-22)20-23-13-10-18-27(21-23)33-34(30,31)32-26-16-8-3-9-17-26;/h1-18,21,25H,19-20H2,(H,30,31);/q;+1/p-1. The molecule has 0 spiro atoms. The van der Waals surface area contributed by atoms with Gasteiger partial charge in [0, 0.05) is 11.5 Å². The number of benzene rings is 4. The first-order chi connectivity index (χ1) is 16.5. The van der Waals surface area contributed by atoms with Gasteiger partial charge >= 0.3 is 37.4 Å². The third-order valence-electron chi connectivity index (χ3n) is 5.31. The molecular formula is C28H24NaO5P. The van der Waals surface area contributed by atoms with E-state index in [-0.39, 0.29) is 52.8 Å². The molecule has 0 aliphatic rings. The van der Waals surface area contributed by atoms with Gasteiger partial charge in [0.2, 0.25) is 0 Å². The van der Waals surface area contributed by atoms with Crippen molar-refractivity contribution in [1.29, 1.82) is 0 Å². The largest absolute Gasteiger partial charge is 1.00 e. The summed E-state index contributed by atoms with van der Waals surface area (Å²) in [7, 11) is -4.63. The van der Waals surface area contributed by atoms with Crippen LogP contribution in [0.15, 0.2) is 115 Å². The van der Waals surface area contributed by atoms with Crippen LogP contribution in [0.3, 0.4) is 0 Å². The summed E-state index contributed by atoms with van der Waals surface area (Å²) in [5.74, 6) is 0.0307. The van der Waals surface area contributed by atoms with Crippen LogP contribution in [0.1, 0.15) is 21.5 Å². The minimum absolute atomic E-state index is 0. The first-order valence-electron chi connectivity index (χ1n) is 11.0. The zero-order valence-corrected chi connectivity index (χ0v) is 22.3. The van der Waals surface area contributed by atoms with Crippen molar-refractivity contribution in [3.63, 3.8) is 0 Å². The maximum Gasteiger partial charge on any atom is 1.00 e. The van der Waals surface area contributed by atoms with Crippen molar-refractivity contribution in [3.8, 4) is 11.5 Å². The fourth-order valence-electron chi connectivity index (χ4n) is 3.77. The smallest absolute Gasteiger partial charge is 0.736 e. The number of para-hydroxylation sites is 1. The number of carbonyl (C=O) groups is 1. The molecule has 2 unspecified atom stereocenters. The third-order valence-corrected chi connectivity index (χ3v) is 6.18. The van der Waals surface area contributed by atoms with E-state index in [9.17, 15) is 14.3 Å². The van der Waals surface area contributed by atoms with E-state index in [0.29, 0.717) is 18.4 Å². The Morgan fingerprint density at radius 1 is 0.686 bits per heavy atom. The Kier molecular flexibility index (Phi) is 9.91. The summed E-state index contributed by atoms with van der Waals surface area (Å²) in [6.07, 6.45) is 0.999. The van der Waals surface area contributed by atoms with Gasteiger partial charge < -0.3 is 13.9 Å². The summed E-state index contributed by atoms with van der Waals surface area (Å²) in [6, 6.07) is 34.0. The first-order valence-corrected chi connectivity index (χ1v) is 12.4. The molecule has 4 aromatic carbocycles. The molecule has 7 heteroatoms. The van der Waals surface area contributed by atoms with Gasteiger partial charge in [-0.15, -0.1) is 0 Å². The second kappa shape index (κ2) is 12.9. The predicted octanol–water partition coefficient (Wildman–Crippen LogP) is 2.90. The zero-order valence-electron chi connectivity index (χ0n) is 19.4. The Bertz CT molecular complexity index is 1270. The molecule has 0 aliphatic heterocycles. The van der Waals surface area contributed by atoms with Crippen molar-refractivity contribution >= 4 is 13.6 Å². The Balaban J connectivity index is 0.00000342. The second-order valence-corrected chi connectivity index (χ2v) is 9.17. The van der Waals surface area contributed by atoms with Gasteiger partial charge in [-0.3, -0.25) is 4.79 Å². The Morgan fingerprint density at radius 2 is 1.17 bits per heavy atom. The molecule has 0 aliphatic carbocycles. The molecule has 0 radical (unpaired) electrons. The van der Waals surface area contributed by atoms with Gasteiger partial charge in [0.15, 0.2) is 5.78 Å². The fraction of sp³-hybridized carbons (Fsp3) is 0.107. The number of carbonyl (C=O) groups excluding carboxylic acids is 1. The van der Waals surface area contributed by atoms with Crippen molar-refractivity contribution in [2.45, 2.75) is 12.8 Å². The topological polar surface area (TPSA) is 75.7 Å². The molecule has 0 N–H and O–H groups in total. The molecule has 172 valence electrons. The number of phosphoric acid groups is 1. The molecule has 0 fully saturated rings. The molecule has 5 nitrogen and oxygen atoms in total. The number of hydrogen-bond acceptors (Lipinski definition) is 5. The summed E-state index contributed by atoms with van der Waals surface area (Å²) in [5, 5.41) is 0. The molecule has 0 saturated carbocycles. The average Bonchev–Trinajstić information content (AvgIpc) is 2.84. The van der Waals surface area contributed by atoms with Crippen LogP contribution in [-0.4, -0.2) is 5.78 Å². The quantitative estimate of drug-likeness (QED) is 0.193. The van der Waals surface area contributed by atoms with E-state index in [1.807, 2.05) is 66.7 Å². The fourth-order valence-corrected chi connectivity index (χ4v) is 4.56. The SMILES string of the molecule is O=C(c1ccccc1)C(Cc1ccccc1)Cc1cccc(OP(=O)([O-])Oc2ccccc2)c1.[Na+]. The Labute approximate surface area is 227 Å². The van der Waals surface area contributed by atoms with Crippen LogP contribution in [0.4, 0.5) is 0 Å². The van der Waals surface area contributed by atoms with Crippen LogP contribution < -0.4 is 43.5 Å². The number of ketones is 1. The predicted molar refractivity (Wildman–Crippen MR) is 130 cm³/mol. The monoisotopic (exact) mass is 494 g/mol. The molecule has 2 atom stereocenters. The maximum absolute atomic E-state index is 13.3. The van der Waals surface area contributed by atoms with Crippen LogP contribution in [0, 0.1) is 5.92 Å². The van der Waals surface area contributed by atoms with Crippen molar-refractivity contribution in [1.82, 2.24) is 0 Å². The Hall–Kier alpha value is -2.66. The van der Waals surface area contributed by atoms with Gasteiger partial charge in [0.05, 0.1) is 0 Å². The number of rotatable bonds is 10. The molecule has 0 bridgehead atoms. The Morgan fingerprint density at radius 3 is 1.83 bits per heavy atom. The van der Waals surface area contributed by atoms with E-state index in [1.54, 1.807) is 36.4 Å². The van der Waals surface area contributed by atoms with Crippen LogP contribution in [0.5, 0.6) is 11.5 Å². The second-order valence-electron chi connectivity index (χ2n) is 7.91. The van der Waals surface area contributed by atoms with Crippen molar-refractivity contribution in [3.05, 3.63) is 132 Å². The first kappa shape index (κ1) is 26.9. The summed E-state index contributed by atoms with van der Waals surface area (Å²) >= 11 is 0. The van der Waals surface area contributed by atoms with Crippen LogP contribution in [0.2, 0.25) is 0 Å². The molecule has 4 aromatic rings. The van der Waals surface area contributed by atoms with Gasteiger partial charge in [-0.25, -0.2) is 4.57 Å². The molecule has 0 saturated heterocycles. The van der Waals surface area contributed by atoms with E-state index in [1.165, 1.54) is 12.1 Å². The van der Waals surface area contributed by atoms with Gasteiger partial charge in [-0.05, 0) is 48.2 Å². The molecule has 35 heavy (non-hydrogen) atoms. The van der Waals surface area contributed by atoms with E-state index < -0.39 is 7.82 Å². The minimum atomic E-state index is -4.63. The van der Waals surface area contributed by atoms with E-state index >= 15 is 0 Å². The van der Waals surface area contributed by atoms with Crippen LogP contribution in [-0.2, 0) is 17.4 Å². The molecule has 4 rings (SSSR count). The minimum Gasteiger partial charge on any atom is -0.736 e. The maximum atomic E-state index is 13.3. The zero-order chi connectivity index (χ0) is 23.8. The molecule has 0 heterocycles. The summed E-state index contributed by atoms with van der Waals surface area (Å²) < 4.78 is 22.6. The third kappa shape index (κ3) is 8.21. The summed E-state index contributed by atoms with van der Waals surface area (Å²) in [5.41, 5.74) is 2.50. The van der Waals surface area contributed by atoms with Crippen LogP contribution >= 0.6 is 7.82 Å². The normalized spacial score (nSPS) is 13.1. The van der Waals surface area contributed by atoms with E-state index in [4.69, 9.17) is 9.05 Å². The average molecular weight is 494 g/mol. The number of phosphoric ester groups is 1. The molecular weight excluding hydrogens is 470 g/mol. The van der Waals surface area contributed by atoms with E-state index in [0.717, 1.165) is 11.1 Å². The van der Waals surface area contributed by atoms with Gasteiger partial charge in [-0.1, -0.05) is 91.0 Å². The van der Waals surface area contributed by atoms with Gasteiger partial charge in [0.1, 0.15) is 11.5 Å². The number of hydrogen-bond donors (Lipinski definition) is 0. The van der Waals surface area contributed by atoms with Gasteiger partial charge in [-0.2, -0.15) is 0 Å². The van der Waals surface area contributed by atoms with Crippen molar-refractivity contribution in [2.24, 2.45) is 5.92 Å². The summed E-state index contributed by atoms with van der Waals surface area (Å²) in [4.78, 5) is 25.7. The number of Topliss-reactive ketones (excluding diaryl/α,β-unsaturated/α-hetero) is 1. The van der Waals surface area contributed by atoms with E-state index in [2.05, 4.69) is 0 Å². The van der Waals surface area contributed by atoms with Crippen molar-refractivity contribution < 1.29 is 52.9 Å². The molecule has 0 aromatic heterocycles. The summed E-state index contributed by atoms with van der Waals surface area (Å²) in [6.45, 7) is 0.